The first-order valence-corrected chi connectivity index (χ1v) is 8.68. The van der Waals surface area contributed by atoms with Gasteiger partial charge in [0.1, 0.15) is 0 Å². The molecule has 0 bridgehead atoms. The van der Waals surface area contributed by atoms with Crippen LogP contribution in [0.2, 0.25) is 0 Å². The third kappa shape index (κ3) is 3.02. The molecule has 7 nitrogen and oxygen atoms in total. The van der Waals surface area contributed by atoms with Gasteiger partial charge in [0.25, 0.3) is 0 Å². The summed E-state index contributed by atoms with van der Waals surface area (Å²) in [5, 5.41) is 7.90. The number of likely N-dealkylation sites (tertiary alicyclic amines) is 1. The molecular formula is C18H21N5O2. The normalized spacial score (nSPS) is 18.0. The van der Waals surface area contributed by atoms with E-state index in [2.05, 4.69) is 32.3 Å². The third-order valence-corrected chi connectivity index (χ3v) is 4.86. The van der Waals surface area contributed by atoms with Gasteiger partial charge in [-0.05, 0) is 38.1 Å². The number of benzene rings is 1. The van der Waals surface area contributed by atoms with Gasteiger partial charge < -0.3 is 14.8 Å². The minimum absolute atomic E-state index is 0.00332. The quantitative estimate of drug-likeness (QED) is 0.745. The lowest BCUT2D eigenvalue weighted by molar-refractivity contribution is 0.0897. The van der Waals surface area contributed by atoms with E-state index in [4.69, 9.17) is 4.52 Å². The summed E-state index contributed by atoms with van der Waals surface area (Å²) in [5.41, 5.74) is 1.84. The molecule has 1 atom stereocenters. The first-order valence-electron chi connectivity index (χ1n) is 8.68. The molecule has 0 unspecified atom stereocenters. The Labute approximate surface area is 145 Å². The zero-order valence-corrected chi connectivity index (χ0v) is 14.2. The summed E-state index contributed by atoms with van der Waals surface area (Å²) >= 11 is 0. The second-order valence-corrected chi connectivity index (χ2v) is 6.30. The lowest BCUT2D eigenvalue weighted by Gasteiger charge is -2.22. The summed E-state index contributed by atoms with van der Waals surface area (Å²) < 4.78 is 5.18. The lowest BCUT2D eigenvalue weighted by Crippen LogP contribution is -2.40. The molecule has 2 N–H and O–H groups in total. The van der Waals surface area contributed by atoms with Crippen LogP contribution in [0.5, 0.6) is 0 Å². The average Bonchev–Trinajstić information content (AvgIpc) is 3.38. The van der Waals surface area contributed by atoms with E-state index in [1.165, 1.54) is 6.42 Å². The molecule has 0 saturated carbocycles. The fraction of sp³-hybridized carbons (Fsp3) is 0.389. The smallest absolute Gasteiger partial charge is 0.316 e. The van der Waals surface area contributed by atoms with E-state index in [-0.39, 0.29) is 11.8 Å². The Bertz CT molecular complexity index is 884. The first kappa shape index (κ1) is 15.8. The average molecular weight is 339 g/mol. The van der Waals surface area contributed by atoms with Gasteiger partial charge in [-0.2, -0.15) is 4.98 Å². The van der Waals surface area contributed by atoms with Crippen LogP contribution < -0.4 is 5.32 Å². The fourth-order valence-electron chi connectivity index (χ4n) is 3.53. The third-order valence-electron chi connectivity index (χ3n) is 4.86. The number of carbonyl (C=O) groups is 1. The molecule has 0 radical (unpaired) electrons. The van der Waals surface area contributed by atoms with Gasteiger partial charge in [-0.3, -0.25) is 9.69 Å². The van der Waals surface area contributed by atoms with E-state index < -0.39 is 0 Å². The Balaban J connectivity index is 1.47. The molecule has 1 amide bonds. The van der Waals surface area contributed by atoms with Gasteiger partial charge in [0.05, 0.1) is 0 Å². The van der Waals surface area contributed by atoms with Crippen LogP contribution in [0.15, 0.2) is 35.0 Å². The Hall–Kier alpha value is -2.67. The largest absolute Gasteiger partial charge is 0.361 e. The van der Waals surface area contributed by atoms with Crippen molar-refractivity contribution in [2.45, 2.75) is 25.8 Å². The van der Waals surface area contributed by atoms with Gasteiger partial charge in [0.15, 0.2) is 0 Å². The number of aromatic amines is 1. The van der Waals surface area contributed by atoms with Gasteiger partial charge in [-0.15, -0.1) is 0 Å². The second-order valence-electron chi connectivity index (χ2n) is 6.30. The van der Waals surface area contributed by atoms with Crippen LogP contribution in [0.1, 0.15) is 30.5 Å². The van der Waals surface area contributed by atoms with Crippen LogP contribution >= 0.6 is 0 Å². The number of hydrogen-bond donors (Lipinski definition) is 2. The van der Waals surface area contributed by atoms with Crippen LogP contribution in [-0.4, -0.2) is 51.6 Å². The SMILES string of the molecule is CCN1CCC[C@H]1CNC(=O)c1nc(-c2cccc3[nH]ccc23)no1. The predicted molar refractivity (Wildman–Crippen MR) is 94.2 cm³/mol. The Morgan fingerprint density at radius 2 is 2.36 bits per heavy atom. The predicted octanol–water partition coefficient (Wildman–Crippen LogP) is 2.43. The van der Waals surface area contributed by atoms with Gasteiger partial charge in [0, 0.05) is 35.2 Å². The molecule has 0 spiro atoms. The number of amides is 1. The summed E-state index contributed by atoms with van der Waals surface area (Å²) in [5.74, 6) is 0.109. The summed E-state index contributed by atoms with van der Waals surface area (Å²) in [6.07, 6.45) is 4.15. The minimum Gasteiger partial charge on any atom is -0.361 e. The maximum absolute atomic E-state index is 12.3. The van der Waals surface area contributed by atoms with Crippen LogP contribution in [0.25, 0.3) is 22.3 Å². The highest BCUT2D eigenvalue weighted by Crippen LogP contribution is 2.25. The van der Waals surface area contributed by atoms with Crippen molar-refractivity contribution in [1.29, 1.82) is 0 Å². The Morgan fingerprint density at radius 3 is 3.24 bits per heavy atom. The van der Waals surface area contributed by atoms with Gasteiger partial charge >= 0.3 is 11.8 Å². The standard InChI is InChI=1S/C18H21N5O2/c1-2-23-10-4-5-12(23)11-20-17(24)18-21-16(22-25-18)14-6-3-7-15-13(14)8-9-19-15/h3,6-9,12,19H,2,4-5,10-11H2,1H3,(H,20,24)/t12-/m0/s1. The van der Waals surface area contributed by atoms with Crippen molar-refractivity contribution < 1.29 is 9.32 Å². The molecule has 1 fully saturated rings. The topological polar surface area (TPSA) is 87.0 Å². The molecule has 3 aromatic rings. The number of aromatic nitrogens is 3. The summed E-state index contributed by atoms with van der Waals surface area (Å²) in [6, 6.07) is 8.17. The fourth-order valence-corrected chi connectivity index (χ4v) is 3.53. The molecule has 3 heterocycles. The van der Waals surface area contributed by atoms with Crippen molar-refractivity contribution in [3.63, 3.8) is 0 Å². The number of H-pyrrole nitrogens is 1. The zero-order valence-electron chi connectivity index (χ0n) is 14.2. The maximum atomic E-state index is 12.3. The van der Waals surface area contributed by atoms with Crippen molar-refractivity contribution in [2.75, 3.05) is 19.6 Å². The van der Waals surface area contributed by atoms with Crippen LogP contribution in [-0.2, 0) is 0 Å². The van der Waals surface area contributed by atoms with E-state index in [0.29, 0.717) is 18.4 Å². The first-order chi connectivity index (χ1) is 12.3. The molecule has 7 heteroatoms. The summed E-state index contributed by atoms with van der Waals surface area (Å²) in [6.45, 7) is 4.86. The van der Waals surface area contributed by atoms with Crippen molar-refractivity contribution in [1.82, 2.24) is 25.3 Å². The van der Waals surface area contributed by atoms with Crippen molar-refractivity contribution in [3.05, 3.63) is 36.4 Å². The van der Waals surface area contributed by atoms with Crippen LogP contribution in [0, 0.1) is 0 Å². The van der Waals surface area contributed by atoms with E-state index in [9.17, 15) is 4.79 Å². The van der Waals surface area contributed by atoms with Crippen molar-refractivity contribution in [2.24, 2.45) is 0 Å². The molecule has 1 aromatic carbocycles. The molecule has 25 heavy (non-hydrogen) atoms. The molecule has 1 saturated heterocycles. The van der Waals surface area contributed by atoms with E-state index >= 15 is 0 Å². The molecule has 0 aliphatic carbocycles. The monoisotopic (exact) mass is 339 g/mol. The zero-order chi connectivity index (χ0) is 17.2. The number of rotatable bonds is 5. The molecule has 4 rings (SSSR count). The number of carbonyl (C=O) groups excluding carboxylic acids is 1. The van der Waals surface area contributed by atoms with E-state index in [1.807, 2.05) is 30.5 Å². The molecular weight excluding hydrogens is 318 g/mol. The number of nitrogens with one attached hydrogen (secondary N) is 2. The Morgan fingerprint density at radius 1 is 1.44 bits per heavy atom. The maximum Gasteiger partial charge on any atom is 0.316 e. The molecule has 1 aliphatic heterocycles. The highest BCUT2D eigenvalue weighted by atomic mass is 16.5. The number of nitrogens with zero attached hydrogens (tertiary/aromatic N) is 3. The van der Waals surface area contributed by atoms with Crippen LogP contribution in [0.4, 0.5) is 0 Å². The van der Waals surface area contributed by atoms with Crippen molar-refractivity contribution in [3.8, 4) is 11.4 Å². The van der Waals surface area contributed by atoms with E-state index in [0.717, 1.165) is 36.0 Å². The highest BCUT2D eigenvalue weighted by molar-refractivity contribution is 5.94. The molecule has 130 valence electrons. The van der Waals surface area contributed by atoms with Gasteiger partial charge in [-0.1, -0.05) is 24.2 Å². The van der Waals surface area contributed by atoms with Crippen molar-refractivity contribution >= 4 is 16.8 Å². The van der Waals surface area contributed by atoms with Gasteiger partial charge in [0.2, 0.25) is 5.82 Å². The minimum atomic E-state index is -0.317. The van der Waals surface area contributed by atoms with Gasteiger partial charge in [-0.25, -0.2) is 0 Å². The Kier molecular flexibility index (Phi) is 4.23. The number of hydrogen-bond acceptors (Lipinski definition) is 5. The molecule has 1 aliphatic rings. The second kappa shape index (κ2) is 6.68. The van der Waals surface area contributed by atoms with Crippen LogP contribution in [0.3, 0.4) is 0 Å². The lowest BCUT2D eigenvalue weighted by atomic mass is 10.1. The van der Waals surface area contributed by atoms with E-state index in [1.54, 1.807) is 0 Å². The number of likely N-dealkylation sites (N-methyl/N-ethyl adjacent to an activating group) is 1. The molecule has 2 aromatic heterocycles. The summed E-state index contributed by atoms with van der Waals surface area (Å²) in [4.78, 5) is 22.1. The highest BCUT2D eigenvalue weighted by Gasteiger charge is 2.24. The summed E-state index contributed by atoms with van der Waals surface area (Å²) in [7, 11) is 0. The number of fused-ring (bicyclic) bond motifs is 1.